The number of allylic oxidation sites excluding steroid dienone is 2. The summed E-state index contributed by atoms with van der Waals surface area (Å²) in [5, 5.41) is 6.17. The number of nitrogens with one attached hydrogen (secondary N) is 2. The first-order valence-electron chi connectivity index (χ1n) is 10.9. The summed E-state index contributed by atoms with van der Waals surface area (Å²) in [6, 6.07) is 3.26. The Morgan fingerprint density at radius 2 is 1.72 bits per heavy atom. The summed E-state index contributed by atoms with van der Waals surface area (Å²) in [4.78, 5) is 32.8. The summed E-state index contributed by atoms with van der Waals surface area (Å²) in [6.07, 6.45) is 5.05. The lowest BCUT2D eigenvalue weighted by molar-refractivity contribution is -0.140. The molecular weight excluding hydrogens is 416 g/mol. The predicted molar refractivity (Wildman–Crippen MR) is 117 cm³/mol. The van der Waals surface area contributed by atoms with E-state index in [9.17, 15) is 18.4 Å². The topological polar surface area (TPSA) is 77.0 Å². The van der Waals surface area contributed by atoms with Gasteiger partial charge in [-0.25, -0.2) is 8.78 Å². The highest BCUT2D eigenvalue weighted by Gasteiger charge is 2.58. The number of hydrogen-bond donors (Lipinski definition) is 2. The number of aliphatic imine (C=N–C) groups is 1. The van der Waals surface area contributed by atoms with Gasteiger partial charge < -0.3 is 15.5 Å². The lowest BCUT2D eigenvalue weighted by atomic mass is 9.85. The molecule has 2 fully saturated rings. The van der Waals surface area contributed by atoms with Gasteiger partial charge in [0.15, 0.2) is 5.96 Å². The number of rotatable bonds is 7. The van der Waals surface area contributed by atoms with Crippen LogP contribution in [0.15, 0.2) is 35.3 Å². The smallest absolute Gasteiger partial charge is 0.233 e. The highest BCUT2D eigenvalue weighted by atomic mass is 19.1. The van der Waals surface area contributed by atoms with Crippen LogP contribution in [0.4, 0.5) is 8.78 Å². The van der Waals surface area contributed by atoms with Crippen LogP contribution in [-0.4, -0.2) is 68.4 Å². The molecule has 1 aromatic carbocycles. The van der Waals surface area contributed by atoms with Crippen molar-refractivity contribution in [1.29, 1.82) is 0 Å². The van der Waals surface area contributed by atoms with E-state index in [1.54, 1.807) is 26.0 Å². The van der Waals surface area contributed by atoms with Crippen molar-refractivity contribution in [2.45, 2.75) is 12.5 Å². The molecule has 3 aliphatic rings. The fourth-order valence-corrected chi connectivity index (χ4v) is 5.26. The summed E-state index contributed by atoms with van der Waals surface area (Å²) in [5.41, 5.74) is -0.0107. The van der Waals surface area contributed by atoms with Crippen LogP contribution in [0.3, 0.4) is 0 Å². The predicted octanol–water partition coefficient (Wildman–Crippen LogP) is 1.54. The van der Waals surface area contributed by atoms with Crippen molar-refractivity contribution in [2.24, 2.45) is 28.7 Å². The molecule has 1 heterocycles. The van der Waals surface area contributed by atoms with Gasteiger partial charge in [-0.2, -0.15) is 0 Å². The van der Waals surface area contributed by atoms with Gasteiger partial charge >= 0.3 is 0 Å². The average Bonchev–Trinajstić information content (AvgIpc) is 3.43. The molecule has 4 rings (SSSR count). The molecule has 2 N–H and O–H groups in total. The summed E-state index contributed by atoms with van der Waals surface area (Å²) in [7, 11) is 5.08. The van der Waals surface area contributed by atoms with Crippen molar-refractivity contribution in [1.82, 2.24) is 20.4 Å². The van der Waals surface area contributed by atoms with E-state index in [0.29, 0.717) is 12.5 Å². The summed E-state index contributed by atoms with van der Waals surface area (Å²) < 4.78 is 28.5. The van der Waals surface area contributed by atoms with E-state index in [1.807, 2.05) is 0 Å². The van der Waals surface area contributed by atoms with Gasteiger partial charge in [-0.05, 0) is 44.5 Å². The number of carbonyl (C=O) groups is 2. The van der Waals surface area contributed by atoms with Crippen LogP contribution in [0.1, 0.15) is 18.0 Å². The van der Waals surface area contributed by atoms with E-state index in [-0.39, 0.29) is 54.1 Å². The van der Waals surface area contributed by atoms with Crippen molar-refractivity contribution in [3.8, 4) is 0 Å². The molecule has 7 nitrogen and oxygen atoms in total. The molecular formula is C23H29F2N5O2. The van der Waals surface area contributed by atoms with Crippen LogP contribution >= 0.6 is 0 Å². The number of carbonyl (C=O) groups excluding carboxylic acids is 2. The van der Waals surface area contributed by atoms with Gasteiger partial charge in [-0.1, -0.05) is 18.2 Å². The van der Waals surface area contributed by atoms with E-state index in [1.165, 1.54) is 23.1 Å². The number of benzene rings is 1. The Hall–Kier alpha value is -2.81. The van der Waals surface area contributed by atoms with Gasteiger partial charge in [-0.3, -0.25) is 19.5 Å². The third kappa shape index (κ3) is 3.90. The van der Waals surface area contributed by atoms with Crippen molar-refractivity contribution >= 4 is 17.8 Å². The van der Waals surface area contributed by atoms with Crippen LogP contribution in [0, 0.1) is 35.3 Å². The first-order valence-corrected chi connectivity index (χ1v) is 10.9. The van der Waals surface area contributed by atoms with Crippen LogP contribution in [0.25, 0.3) is 0 Å². The van der Waals surface area contributed by atoms with E-state index in [2.05, 4.69) is 27.8 Å². The first-order chi connectivity index (χ1) is 15.3. The highest BCUT2D eigenvalue weighted by Crippen LogP contribution is 2.52. The van der Waals surface area contributed by atoms with Gasteiger partial charge in [0.25, 0.3) is 0 Å². The summed E-state index contributed by atoms with van der Waals surface area (Å²) >= 11 is 0. The Morgan fingerprint density at radius 3 is 2.25 bits per heavy atom. The number of amides is 2. The van der Waals surface area contributed by atoms with E-state index >= 15 is 0 Å². The number of fused-ring (bicyclic) bond motifs is 5. The molecule has 2 bridgehead atoms. The molecule has 1 aromatic rings. The standard InChI is InChI=1S/C23H29F2N5O2/c1-26-23(28-12-17(29(2)3)20-15(24)5-4-6-16(20)25)27-9-10-30-21(31)18-13-7-8-14(11-13)19(18)22(30)32/h4-8,13-14,17-19H,9-12H2,1-3H3,(H2,26,27,28). The number of likely N-dealkylation sites (tertiary alicyclic amines) is 1. The zero-order valence-electron chi connectivity index (χ0n) is 18.5. The second kappa shape index (κ2) is 8.97. The zero-order chi connectivity index (χ0) is 23.0. The minimum Gasteiger partial charge on any atom is -0.355 e. The molecule has 9 heteroatoms. The highest BCUT2D eigenvalue weighted by molar-refractivity contribution is 6.06. The third-order valence-electron chi connectivity index (χ3n) is 6.83. The van der Waals surface area contributed by atoms with E-state index < -0.39 is 17.7 Å². The second-order valence-corrected chi connectivity index (χ2v) is 8.82. The molecule has 172 valence electrons. The van der Waals surface area contributed by atoms with Gasteiger partial charge in [-0.15, -0.1) is 0 Å². The molecule has 0 aromatic heterocycles. The van der Waals surface area contributed by atoms with E-state index in [4.69, 9.17) is 0 Å². The maximum atomic E-state index is 14.3. The van der Waals surface area contributed by atoms with Crippen LogP contribution in [0.5, 0.6) is 0 Å². The molecule has 1 aliphatic heterocycles. The van der Waals surface area contributed by atoms with Crippen LogP contribution in [0.2, 0.25) is 0 Å². The fourth-order valence-electron chi connectivity index (χ4n) is 5.26. The number of nitrogens with zero attached hydrogens (tertiary/aromatic N) is 3. The third-order valence-corrected chi connectivity index (χ3v) is 6.83. The lowest BCUT2D eigenvalue weighted by Crippen LogP contribution is -2.45. The lowest BCUT2D eigenvalue weighted by Gasteiger charge is -2.27. The molecule has 5 unspecified atom stereocenters. The number of halogens is 2. The molecule has 1 saturated carbocycles. The van der Waals surface area contributed by atoms with Crippen molar-refractivity contribution in [3.63, 3.8) is 0 Å². The van der Waals surface area contributed by atoms with Crippen molar-refractivity contribution in [2.75, 3.05) is 40.8 Å². The minimum atomic E-state index is -0.603. The monoisotopic (exact) mass is 445 g/mol. The largest absolute Gasteiger partial charge is 0.355 e. The normalized spacial score (nSPS) is 27.4. The first kappa shape index (κ1) is 22.4. The number of likely N-dealkylation sites (N-methyl/N-ethyl adjacent to an activating group) is 1. The maximum absolute atomic E-state index is 14.3. The Bertz CT molecular complexity index is 913. The Balaban J connectivity index is 1.32. The van der Waals surface area contributed by atoms with E-state index in [0.717, 1.165) is 6.42 Å². The molecule has 2 aliphatic carbocycles. The maximum Gasteiger partial charge on any atom is 0.233 e. The number of imide groups is 1. The SMILES string of the molecule is CN=C(NCCN1C(=O)C2C3C=CC(C3)C2C1=O)NCC(c1c(F)cccc1F)N(C)C. The Labute approximate surface area is 186 Å². The molecule has 1 saturated heterocycles. The molecule has 5 atom stereocenters. The van der Waals surface area contributed by atoms with Crippen LogP contribution < -0.4 is 10.6 Å². The van der Waals surface area contributed by atoms with Crippen molar-refractivity contribution < 1.29 is 18.4 Å². The molecule has 2 amide bonds. The summed E-state index contributed by atoms with van der Waals surface area (Å²) in [5.74, 6) is -0.964. The van der Waals surface area contributed by atoms with Crippen LogP contribution in [-0.2, 0) is 9.59 Å². The Kier molecular flexibility index (Phi) is 6.28. The summed E-state index contributed by atoms with van der Waals surface area (Å²) in [6.45, 7) is 0.801. The second-order valence-electron chi connectivity index (χ2n) is 8.82. The number of hydrogen-bond acceptors (Lipinski definition) is 4. The quantitative estimate of drug-likeness (QED) is 0.288. The zero-order valence-corrected chi connectivity index (χ0v) is 18.5. The minimum absolute atomic E-state index is 0.0107. The fraction of sp³-hybridized carbons (Fsp3) is 0.522. The molecule has 0 spiro atoms. The van der Waals surface area contributed by atoms with Crippen molar-refractivity contribution in [3.05, 3.63) is 47.5 Å². The number of guanidine groups is 1. The average molecular weight is 446 g/mol. The van der Waals surface area contributed by atoms with Gasteiger partial charge in [0.1, 0.15) is 11.6 Å². The van der Waals surface area contributed by atoms with Gasteiger partial charge in [0, 0.05) is 32.2 Å². The Morgan fingerprint density at radius 1 is 1.12 bits per heavy atom. The van der Waals surface area contributed by atoms with Gasteiger partial charge in [0.2, 0.25) is 11.8 Å². The molecule has 0 radical (unpaired) electrons. The van der Waals surface area contributed by atoms with Gasteiger partial charge in [0.05, 0.1) is 17.9 Å². The molecule has 32 heavy (non-hydrogen) atoms.